The van der Waals surface area contributed by atoms with Crippen molar-refractivity contribution in [3.05, 3.63) is 0 Å². The second-order valence-electron chi connectivity index (χ2n) is 5.29. The van der Waals surface area contributed by atoms with Crippen LogP contribution >= 0.6 is 0 Å². The first-order valence-electron chi connectivity index (χ1n) is 6.73. The van der Waals surface area contributed by atoms with Gasteiger partial charge in [0.25, 0.3) is 0 Å². The van der Waals surface area contributed by atoms with Crippen LogP contribution in [0.2, 0.25) is 0 Å². The van der Waals surface area contributed by atoms with Crippen LogP contribution < -0.4 is 5.32 Å². The van der Waals surface area contributed by atoms with Crippen LogP contribution in [0.25, 0.3) is 0 Å². The standard InChI is InChI=1S/C13H24N2O3/c1-10(8-12(16)17)9-14-13(18)15(2)11-6-4-3-5-7-11/h10-11H,3-9H2,1-2H3,(H,14,18)(H,16,17). The van der Waals surface area contributed by atoms with E-state index in [9.17, 15) is 9.59 Å². The SMILES string of the molecule is CC(CNC(=O)N(C)C1CCCCC1)CC(=O)O. The molecule has 0 aliphatic heterocycles. The van der Waals surface area contributed by atoms with E-state index in [-0.39, 0.29) is 18.4 Å². The molecule has 0 aromatic rings. The molecule has 0 heterocycles. The maximum atomic E-state index is 11.9. The van der Waals surface area contributed by atoms with Gasteiger partial charge in [-0.15, -0.1) is 0 Å². The van der Waals surface area contributed by atoms with Gasteiger partial charge in [0, 0.05) is 26.1 Å². The molecule has 1 atom stereocenters. The number of nitrogens with zero attached hydrogens (tertiary/aromatic N) is 1. The van der Waals surface area contributed by atoms with Crippen molar-refractivity contribution in [3.8, 4) is 0 Å². The lowest BCUT2D eigenvalue weighted by atomic mass is 9.95. The molecule has 1 unspecified atom stereocenters. The highest BCUT2D eigenvalue weighted by atomic mass is 16.4. The first kappa shape index (κ1) is 14.8. The lowest BCUT2D eigenvalue weighted by Crippen LogP contribution is -2.45. The molecule has 1 fully saturated rings. The molecule has 0 saturated heterocycles. The van der Waals surface area contributed by atoms with E-state index < -0.39 is 5.97 Å². The summed E-state index contributed by atoms with van der Waals surface area (Å²) in [5.41, 5.74) is 0. The fourth-order valence-electron chi connectivity index (χ4n) is 2.39. The maximum Gasteiger partial charge on any atom is 0.317 e. The molecule has 0 spiro atoms. The number of hydrogen-bond acceptors (Lipinski definition) is 2. The first-order valence-corrected chi connectivity index (χ1v) is 6.73. The number of urea groups is 1. The predicted molar refractivity (Wildman–Crippen MR) is 69.5 cm³/mol. The quantitative estimate of drug-likeness (QED) is 0.791. The zero-order valence-corrected chi connectivity index (χ0v) is 11.3. The number of carboxylic acids is 1. The monoisotopic (exact) mass is 256 g/mol. The molecule has 1 aliphatic rings. The second-order valence-corrected chi connectivity index (χ2v) is 5.29. The van der Waals surface area contributed by atoms with Crippen LogP contribution in [0, 0.1) is 5.92 Å². The highest BCUT2D eigenvalue weighted by Gasteiger charge is 2.22. The van der Waals surface area contributed by atoms with Gasteiger partial charge >= 0.3 is 12.0 Å². The molecule has 2 N–H and O–H groups in total. The van der Waals surface area contributed by atoms with Crippen molar-refractivity contribution in [3.63, 3.8) is 0 Å². The van der Waals surface area contributed by atoms with E-state index in [1.54, 1.807) is 4.90 Å². The normalized spacial score (nSPS) is 18.1. The number of nitrogens with one attached hydrogen (secondary N) is 1. The highest BCUT2D eigenvalue weighted by molar-refractivity contribution is 5.74. The third-order valence-corrected chi connectivity index (χ3v) is 3.57. The van der Waals surface area contributed by atoms with Gasteiger partial charge in [0.15, 0.2) is 0 Å². The number of amides is 2. The van der Waals surface area contributed by atoms with Crippen molar-refractivity contribution in [1.29, 1.82) is 0 Å². The molecule has 104 valence electrons. The van der Waals surface area contributed by atoms with Crippen molar-refractivity contribution in [2.45, 2.75) is 51.5 Å². The molecule has 1 aliphatic carbocycles. The summed E-state index contributed by atoms with van der Waals surface area (Å²) in [6.45, 7) is 2.25. The maximum absolute atomic E-state index is 11.9. The average molecular weight is 256 g/mol. The number of aliphatic carboxylic acids is 1. The minimum Gasteiger partial charge on any atom is -0.481 e. The summed E-state index contributed by atoms with van der Waals surface area (Å²) in [6.07, 6.45) is 5.90. The van der Waals surface area contributed by atoms with Gasteiger partial charge in [-0.2, -0.15) is 0 Å². The Hall–Kier alpha value is -1.26. The lowest BCUT2D eigenvalue weighted by Gasteiger charge is -2.31. The zero-order chi connectivity index (χ0) is 13.5. The number of rotatable bonds is 5. The Morgan fingerprint density at radius 2 is 1.94 bits per heavy atom. The van der Waals surface area contributed by atoms with E-state index in [1.807, 2.05) is 14.0 Å². The van der Waals surface area contributed by atoms with Crippen LogP contribution in [0.4, 0.5) is 4.79 Å². The summed E-state index contributed by atoms with van der Waals surface area (Å²) in [6, 6.07) is 0.257. The van der Waals surface area contributed by atoms with E-state index in [2.05, 4.69) is 5.32 Å². The van der Waals surface area contributed by atoms with Crippen molar-refractivity contribution < 1.29 is 14.7 Å². The van der Waals surface area contributed by atoms with Crippen LogP contribution in [-0.2, 0) is 4.79 Å². The summed E-state index contributed by atoms with van der Waals surface area (Å²) < 4.78 is 0. The van der Waals surface area contributed by atoms with Crippen LogP contribution in [0.3, 0.4) is 0 Å². The number of carbonyl (C=O) groups is 2. The molecule has 2 amide bonds. The molecule has 18 heavy (non-hydrogen) atoms. The third kappa shape index (κ3) is 4.94. The van der Waals surface area contributed by atoms with Crippen molar-refractivity contribution in [2.24, 2.45) is 5.92 Å². The number of hydrogen-bond donors (Lipinski definition) is 2. The van der Waals surface area contributed by atoms with Crippen LogP contribution in [0.15, 0.2) is 0 Å². The second kappa shape index (κ2) is 7.24. The molecule has 5 heteroatoms. The fraction of sp³-hybridized carbons (Fsp3) is 0.846. The minimum atomic E-state index is -0.822. The molecular formula is C13H24N2O3. The first-order chi connectivity index (χ1) is 8.50. The topological polar surface area (TPSA) is 69.6 Å². The summed E-state index contributed by atoms with van der Waals surface area (Å²) >= 11 is 0. The van der Waals surface area contributed by atoms with Gasteiger partial charge in [-0.25, -0.2) is 4.79 Å². The summed E-state index contributed by atoms with van der Waals surface area (Å²) in [7, 11) is 1.83. The van der Waals surface area contributed by atoms with Crippen molar-refractivity contribution >= 4 is 12.0 Å². The summed E-state index contributed by atoms with van der Waals surface area (Å²) in [5, 5.41) is 11.4. The Labute approximate surface area is 109 Å². The molecule has 0 aromatic heterocycles. The number of carboxylic acid groups (broad SMARTS) is 1. The largest absolute Gasteiger partial charge is 0.481 e. The van der Waals surface area contributed by atoms with Crippen molar-refractivity contribution in [2.75, 3.05) is 13.6 Å². The molecule has 0 aromatic carbocycles. The van der Waals surface area contributed by atoms with E-state index in [0.29, 0.717) is 12.6 Å². The predicted octanol–water partition coefficient (Wildman–Crippen LogP) is 2.07. The molecule has 1 rings (SSSR count). The Kier molecular flexibility index (Phi) is 5.95. The van der Waals surface area contributed by atoms with Gasteiger partial charge in [-0.3, -0.25) is 4.79 Å². The molecule has 0 radical (unpaired) electrons. The Morgan fingerprint density at radius 1 is 1.33 bits per heavy atom. The minimum absolute atomic E-state index is 0.0359. The van der Waals surface area contributed by atoms with E-state index in [4.69, 9.17) is 5.11 Å². The highest BCUT2D eigenvalue weighted by Crippen LogP contribution is 2.21. The zero-order valence-electron chi connectivity index (χ0n) is 11.3. The van der Waals surface area contributed by atoms with Crippen LogP contribution in [-0.4, -0.2) is 41.6 Å². The molecule has 1 saturated carbocycles. The summed E-state index contributed by atoms with van der Waals surface area (Å²) in [5.74, 6) is -0.858. The van der Waals surface area contributed by atoms with Gasteiger partial charge in [-0.05, 0) is 18.8 Å². The van der Waals surface area contributed by atoms with Crippen LogP contribution in [0.1, 0.15) is 45.4 Å². The Bertz CT molecular complexity index is 288. The van der Waals surface area contributed by atoms with Gasteiger partial charge in [0.2, 0.25) is 0 Å². The molecule has 0 bridgehead atoms. The van der Waals surface area contributed by atoms with Gasteiger partial charge < -0.3 is 15.3 Å². The van der Waals surface area contributed by atoms with Gasteiger partial charge in [-0.1, -0.05) is 26.2 Å². The van der Waals surface area contributed by atoms with E-state index in [0.717, 1.165) is 12.8 Å². The molecule has 5 nitrogen and oxygen atoms in total. The van der Waals surface area contributed by atoms with Gasteiger partial charge in [0.05, 0.1) is 0 Å². The van der Waals surface area contributed by atoms with Crippen LogP contribution in [0.5, 0.6) is 0 Å². The fourth-order valence-corrected chi connectivity index (χ4v) is 2.39. The third-order valence-electron chi connectivity index (χ3n) is 3.57. The Balaban J connectivity index is 2.28. The van der Waals surface area contributed by atoms with E-state index in [1.165, 1.54) is 19.3 Å². The van der Waals surface area contributed by atoms with E-state index >= 15 is 0 Å². The van der Waals surface area contributed by atoms with Gasteiger partial charge in [0.1, 0.15) is 0 Å². The average Bonchev–Trinajstić information content (AvgIpc) is 2.35. The number of carbonyl (C=O) groups excluding carboxylic acids is 1. The Morgan fingerprint density at radius 3 is 2.50 bits per heavy atom. The smallest absolute Gasteiger partial charge is 0.317 e. The summed E-state index contributed by atoms with van der Waals surface area (Å²) in [4.78, 5) is 24.2. The molecular weight excluding hydrogens is 232 g/mol. The van der Waals surface area contributed by atoms with Crippen molar-refractivity contribution in [1.82, 2.24) is 10.2 Å². The lowest BCUT2D eigenvalue weighted by molar-refractivity contribution is -0.137.